The summed E-state index contributed by atoms with van der Waals surface area (Å²) in [6.45, 7) is 2.45. The predicted octanol–water partition coefficient (Wildman–Crippen LogP) is 4.06. The molecule has 1 unspecified atom stereocenters. The van der Waals surface area contributed by atoms with Crippen molar-refractivity contribution < 1.29 is 13.9 Å². The van der Waals surface area contributed by atoms with E-state index in [9.17, 15) is 4.39 Å². The summed E-state index contributed by atoms with van der Waals surface area (Å²) in [6, 6.07) is 10.6. The van der Waals surface area contributed by atoms with E-state index in [1.807, 2.05) is 12.1 Å². The van der Waals surface area contributed by atoms with Crippen molar-refractivity contribution in [3.05, 3.63) is 54.0 Å². The predicted molar refractivity (Wildman–Crippen MR) is 93.1 cm³/mol. The van der Waals surface area contributed by atoms with Gasteiger partial charge in [-0.3, -0.25) is 0 Å². The Morgan fingerprint density at radius 2 is 2.08 bits per heavy atom. The molecule has 1 aromatic carbocycles. The minimum atomic E-state index is -0.316. The third-order valence-corrected chi connectivity index (χ3v) is 5.56. The summed E-state index contributed by atoms with van der Waals surface area (Å²) in [5.41, 5.74) is 1.39. The Labute approximate surface area is 147 Å². The third-order valence-electron chi connectivity index (χ3n) is 5.56. The van der Waals surface area contributed by atoms with Gasteiger partial charge in [-0.05, 0) is 49.3 Å². The third kappa shape index (κ3) is 3.53. The molecule has 132 valence electrons. The van der Waals surface area contributed by atoms with Crippen LogP contribution in [0.5, 0.6) is 11.6 Å². The highest BCUT2D eigenvalue weighted by atomic mass is 19.1. The lowest BCUT2D eigenvalue weighted by Crippen LogP contribution is -2.55. The Bertz CT molecular complexity index is 731. The molecule has 1 saturated carbocycles. The molecule has 1 aliphatic heterocycles. The topological polar surface area (TPSA) is 43.4 Å². The minimum absolute atomic E-state index is 0.316. The molecule has 1 saturated heterocycles. The second-order valence-corrected chi connectivity index (χ2v) is 6.97. The number of nitrogens with one attached hydrogen (secondary N) is 1. The average Bonchev–Trinajstić information content (AvgIpc) is 2.63. The summed E-state index contributed by atoms with van der Waals surface area (Å²) >= 11 is 0. The van der Waals surface area contributed by atoms with Gasteiger partial charge < -0.3 is 14.8 Å². The first kappa shape index (κ1) is 16.5. The number of hydrogen-bond acceptors (Lipinski definition) is 4. The molecule has 0 bridgehead atoms. The second-order valence-electron chi connectivity index (χ2n) is 6.97. The van der Waals surface area contributed by atoms with Gasteiger partial charge in [0.25, 0.3) is 0 Å². The Morgan fingerprint density at radius 3 is 2.84 bits per heavy atom. The van der Waals surface area contributed by atoms with Gasteiger partial charge in [0.2, 0.25) is 5.88 Å². The molecular formula is C20H23FN2O2. The highest BCUT2D eigenvalue weighted by molar-refractivity contribution is 5.32. The van der Waals surface area contributed by atoms with E-state index in [2.05, 4.69) is 10.3 Å². The van der Waals surface area contributed by atoms with Crippen LogP contribution < -0.4 is 10.1 Å². The van der Waals surface area contributed by atoms with Crippen molar-refractivity contribution in [2.45, 2.75) is 38.3 Å². The highest BCUT2D eigenvalue weighted by Crippen LogP contribution is 2.48. The summed E-state index contributed by atoms with van der Waals surface area (Å²) in [5.74, 6) is 0.675. The van der Waals surface area contributed by atoms with Gasteiger partial charge in [0.15, 0.2) is 0 Å². The Kier molecular flexibility index (Phi) is 4.68. The van der Waals surface area contributed by atoms with E-state index in [1.54, 1.807) is 18.3 Å². The molecule has 1 aromatic heterocycles. The molecule has 25 heavy (non-hydrogen) atoms. The fourth-order valence-electron chi connectivity index (χ4n) is 3.92. The van der Waals surface area contributed by atoms with E-state index < -0.39 is 0 Å². The Balaban J connectivity index is 1.43. The van der Waals surface area contributed by atoms with E-state index in [4.69, 9.17) is 9.47 Å². The zero-order valence-corrected chi connectivity index (χ0v) is 14.2. The maximum Gasteiger partial charge on any atom is 0.223 e. The number of aromatic nitrogens is 1. The molecule has 2 aliphatic rings. The number of nitrogens with zero attached hydrogens (tertiary/aromatic N) is 1. The van der Waals surface area contributed by atoms with Gasteiger partial charge in [-0.2, -0.15) is 0 Å². The molecule has 0 radical (unpaired) electrons. The number of rotatable bonds is 5. The van der Waals surface area contributed by atoms with Crippen LogP contribution in [-0.2, 0) is 11.3 Å². The van der Waals surface area contributed by atoms with E-state index in [0.29, 0.717) is 29.6 Å². The maximum absolute atomic E-state index is 13.4. The molecule has 1 atom stereocenters. The van der Waals surface area contributed by atoms with Gasteiger partial charge in [0, 0.05) is 43.6 Å². The molecule has 1 N–H and O–H groups in total. The van der Waals surface area contributed by atoms with Crippen LogP contribution in [0.15, 0.2) is 42.6 Å². The van der Waals surface area contributed by atoms with Crippen molar-refractivity contribution in [3.63, 3.8) is 0 Å². The first-order valence-electron chi connectivity index (χ1n) is 8.94. The summed E-state index contributed by atoms with van der Waals surface area (Å²) in [4.78, 5) is 4.32. The fraction of sp³-hybridized carbons (Fsp3) is 0.450. The smallest absolute Gasteiger partial charge is 0.223 e. The molecule has 0 amide bonds. The molecule has 1 aliphatic carbocycles. The first-order valence-corrected chi connectivity index (χ1v) is 8.94. The molecule has 5 heteroatoms. The minimum Gasteiger partial charge on any atom is -0.439 e. The van der Waals surface area contributed by atoms with Gasteiger partial charge in [0.05, 0.1) is 0 Å². The van der Waals surface area contributed by atoms with Crippen molar-refractivity contribution in [3.8, 4) is 11.6 Å². The van der Waals surface area contributed by atoms with Gasteiger partial charge in [-0.25, -0.2) is 9.37 Å². The van der Waals surface area contributed by atoms with Gasteiger partial charge in [-0.15, -0.1) is 0 Å². The largest absolute Gasteiger partial charge is 0.439 e. The number of hydrogen-bond donors (Lipinski definition) is 1. The zero-order chi connectivity index (χ0) is 17.1. The highest BCUT2D eigenvalue weighted by Gasteiger charge is 2.46. The van der Waals surface area contributed by atoms with Crippen LogP contribution in [-0.4, -0.2) is 24.2 Å². The molecular weight excluding hydrogens is 319 g/mol. The van der Waals surface area contributed by atoms with E-state index in [-0.39, 0.29) is 5.82 Å². The van der Waals surface area contributed by atoms with E-state index >= 15 is 0 Å². The van der Waals surface area contributed by atoms with Crippen molar-refractivity contribution in [2.75, 3.05) is 13.2 Å². The number of ether oxygens (including phenoxy) is 2. The van der Waals surface area contributed by atoms with Crippen LogP contribution in [0.4, 0.5) is 4.39 Å². The number of benzene rings is 1. The summed E-state index contributed by atoms with van der Waals surface area (Å²) < 4.78 is 24.7. The summed E-state index contributed by atoms with van der Waals surface area (Å²) in [5, 5.41) is 3.68. The van der Waals surface area contributed by atoms with Crippen LogP contribution >= 0.6 is 0 Å². The molecule has 4 rings (SSSR count). The maximum atomic E-state index is 13.4. The van der Waals surface area contributed by atoms with E-state index in [1.165, 1.54) is 25.0 Å². The van der Waals surface area contributed by atoms with Gasteiger partial charge in [-0.1, -0.05) is 12.1 Å². The SMILES string of the molecule is Fc1cccc(Oc2ncccc2CNC2CCC23CCOCC3)c1. The number of pyridine rings is 1. The molecule has 4 nitrogen and oxygen atoms in total. The Morgan fingerprint density at radius 1 is 1.20 bits per heavy atom. The quantitative estimate of drug-likeness (QED) is 0.890. The van der Waals surface area contributed by atoms with Crippen molar-refractivity contribution in [1.82, 2.24) is 10.3 Å². The lowest BCUT2D eigenvalue weighted by molar-refractivity contribution is -0.0552. The molecule has 2 fully saturated rings. The van der Waals surface area contributed by atoms with E-state index in [0.717, 1.165) is 31.6 Å². The number of halogens is 1. The van der Waals surface area contributed by atoms with Crippen molar-refractivity contribution in [1.29, 1.82) is 0 Å². The lowest BCUT2D eigenvalue weighted by atomic mass is 9.60. The van der Waals surface area contributed by atoms with Crippen LogP contribution in [0.25, 0.3) is 0 Å². The van der Waals surface area contributed by atoms with Crippen LogP contribution in [0.2, 0.25) is 0 Å². The molecule has 1 spiro atoms. The van der Waals surface area contributed by atoms with Gasteiger partial charge in [0.1, 0.15) is 11.6 Å². The normalized spacial score (nSPS) is 21.7. The van der Waals surface area contributed by atoms with Crippen LogP contribution in [0.3, 0.4) is 0 Å². The zero-order valence-electron chi connectivity index (χ0n) is 14.2. The first-order chi connectivity index (χ1) is 12.3. The summed E-state index contributed by atoms with van der Waals surface area (Å²) in [7, 11) is 0. The van der Waals surface area contributed by atoms with Crippen molar-refractivity contribution >= 4 is 0 Å². The summed E-state index contributed by atoms with van der Waals surface area (Å²) in [6.07, 6.45) is 6.48. The second kappa shape index (κ2) is 7.10. The molecule has 2 aromatic rings. The standard InChI is InChI=1S/C20H23FN2O2/c21-16-4-1-5-17(13-16)25-19-15(3-2-10-22-19)14-23-18-6-7-20(18)8-11-24-12-9-20/h1-5,10,13,18,23H,6-9,11-12,14H2. The Hall–Kier alpha value is -1.98. The average molecular weight is 342 g/mol. The van der Waals surface area contributed by atoms with Gasteiger partial charge >= 0.3 is 0 Å². The van der Waals surface area contributed by atoms with Crippen LogP contribution in [0, 0.1) is 11.2 Å². The van der Waals surface area contributed by atoms with Crippen LogP contribution in [0.1, 0.15) is 31.2 Å². The fourth-order valence-corrected chi connectivity index (χ4v) is 3.92. The lowest BCUT2D eigenvalue weighted by Gasteiger charge is -2.52. The molecule has 2 heterocycles. The monoisotopic (exact) mass is 342 g/mol. The van der Waals surface area contributed by atoms with Crippen molar-refractivity contribution in [2.24, 2.45) is 5.41 Å².